The molecule has 0 atom stereocenters. The Morgan fingerprint density at radius 2 is 2.09 bits per heavy atom. The Balaban J connectivity index is 1.79. The van der Waals surface area contributed by atoms with Crippen LogP contribution < -0.4 is 10.1 Å². The van der Waals surface area contributed by atoms with E-state index in [1.165, 1.54) is 0 Å². The number of phenolic OH excluding ortho intramolecular Hbond substituents is 1. The van der Waals surface area contributed by atoms with Gasteiger partial charge in [0.1, 0.15) is 5.60 Å². The summed E-state index contributed by atoms with van der Waals surface area (Å²) < 4.78 is 10.7. The highest BCUT2D eigenvalue weighted by molar-refractivity contribution is 5.69. The minimum Gasteiger partial charge on any atom is -0.504 e. The lowest BCUT2D eigenvalue weighted by Crippen LogP contribution is -2.60. The number of carbonyl (C=O) groups is 1. The molecule has 23 heavy (non-hydrogen) atoms. The van der Waals surface area contributed by atoms with E-state index in [1.54, 1.807) is 11.0 Å². The first kappa shape index (κ1) is 17.4. The summed E-state index contributed by atoms with van der Waals surface area (Å²) in [6.07, 6.45) is -0.281. The van der Waals surface area contributed by atoms with E-state index in [9.17, 15) is 9.90 Å². The van der Waals surface area contributed by atoms with E-state index in [0.29, 0.717) is 32.0 Å². The maximum atomic E-state index is 11.9. The summed E-state index contributed by atoms with van der Waals surface area (Å²) in [5, 5.41) is 13.5. The number of para-hydroxylation sites is 1. The number of phenols is 1. The number of nitrogens with zero attached hydrogens (tertiary/aromatic N) is 1. The molecule has 0 bridgehead atoms. The van der Waals surface area contributed by atoms with Gasteiger partial charge in [0.2, 0.25) is 0 Å². The highest BCUT2D eigenvalue weighted by Gasteiger charge is 2.33. The molecule has 1 aliphatic rings. The second-order valence-corrected chi connectivity index (χ2v) is 6.66. The molecule has 2 N–H and O–H groups in total. The third-order valence-electron chi connectivity index (χ3n) is 3.50. The molecule has 1 heterocycles. The maximum absolute atomic E-state index is 11.9. The third kappa shape index (κ3) is 4.76. The van der Waals surface area contributed by atoms with Crippen molar-refractivity contribution in [3.63, 3.8) is 0 Å². The average Bonchev–Trinajstić information content (AvgIpc) is 2.39. The molecular weight excluding hydrogens is 296 g/mol. The fraction of sp³-hybridized carbons (Fsp3) is 0.588. The van der Waals surface area contributed by atoms with Crippen LogP contribution >= 0.6 is 0 Å². The van der Waals surface area contributed by atoms with Gasteiger partial charge in [0.15, 0.2) is 11.5 Å². The number of rotatable bonds is 5. The van der Waals surface area contributed by atoms with E-state index < -0.39 is 5.60 Å². The minimum atomic E-state index is -0.471. The van der Waals surface area contributed by atoms with Crippen molar-refractivity contribution in [1.29, 1.82) is 0 Å². The monoisotopic (exact) mass is 322 g/mol. The fourth-order valence-corrected chi connectivity index (χ4v) is 2.32. The van der Waals surface area contributed by atoms with Crippen molar-refractivity contribution in [1.82, 2.24) is 10.2 Å². The minimum absolute atomic E-state index is 0.171. The van der Waals surface area contributed by atoms with Crippen LogP contribution in [0.15, 0.2) is 18.2 Å². The Kier molecular flexibility index (Phi) is 5.36. The Bertz CT molecular complexity index is 548. The van der Waals surface area contributed by atoms with E-state index in [2.05, 4.69) is 5.32 Å². The number of likely N-dealkylation sites (tertiary alicyclic amines) is 1. The fourth-order valence-electron chi connectivity index (χ4n) is 2.32. The van der Waals surface area contributed by atoms with Gasteiger partial charge in [-0.3, -0.25) is 0 Å². The molecule has 0 saturated carbocycles. The number of benzene rings is 1. The Morgan fingerprint density at radius 3 is 2.70 bits per heavy atom. The highest BCUT2D eigenvalue weighted by atomic mass is 16.6. The lowest BCUT2D eigenvalue weighted by Gasteiger charge is -2.40. The second-order valence-electron chi connectivity index (χ2n) is 6.66. The molecule has 0 unspecified atom stereocenters. The third-order valence-corrected chi connectivity index (χ3v) is 3.50. The van der Waals surface area contributed by atoms with E-state index in [0.717, 1.165) is 5.56 Å². The number of amides is 1. The molecule has 2 rings (SSSR count). The molecule has 1 saturated heterocycles. The zero-order valence-corrected chi connectivity index (χ0v) is 14.3. The number of nitrogens with one attached hydrogen (secondary N) is 1. The van der Waals surface area contributed by atoms with Crippen LogP contribution in [0, 0.1) is 0 Å². The largest absolute Gasteiger partial charge is 0.504 e. The predicted molar refractivity (Wildman–Crippen MR) is 87.7 cm³/mol. The zero-order valence-electron chi connectivity index (χ0n) is 14.3. The molecule has 0 radical (unpaired) electrons. The number of carbonyl (C=O) groups excluding carboxylic acids is 1. The molecule has 6 heteroatoms. The van der Waals surface area contributed by atoms with E-state index in [4.69, 9.17) is 9.47 Å². The van der Waals surface area contributed by atoms with Gasteiger partial charge in [-0.2, -0.15) is 0 Å². The van der Waals surface area contributed by atoms with Gasteiger partial charge >= 0.3 is 6.09 Å². The summed E-state index contributed by atoms with van der Waals surface area (Å²) >= 11 is 0. The second kappa shape index (κ2) is 7.08. The van der Waals surface area contributed by atoms with Crippen LogP contribution in [0.3, 0.4) is 0 Å². The lowest BCUT2D eigenvalue weighted by atomic mass is 10.1. The molecule has 6 nitrogen and oxygen atoms in total. The smallest absolute Gasteiger partial charge is 0.410 e. The van der Waals surface area contributed by atoms with Gasteiger partial charge in [-0.25, -0.2) is 4.79 Å². The molecular formula is C17H26N2O4. The Morgan fingerprint density at radius 1 is 1.39 bits per heavy atom. The predicted octanol–water partition coefficient (Wildman–Crippen LogP) is 2.50. The van der Waals surface area contributed by atoms with Gasteiger partial charge in [0.05, 0.1) is 6.61 Å². The van der Waals surface area contributed by atoms with E-state index >= 15 is 0 Å². The molecule has 1 aromatic rings. The van der Waals surface area contributed by atoms with Crippen molar-refractivity contribution in [2.24, 2.45) is 0 Å². The molecule has 1 aliphatic heterocycles. The SMILES string of the molecule is CCOc1cccc(CNC2CN(C(=O)OC(C)(C)C)C2)c1O. The molecule has 1 fully saturated rings. The first-order chi connectivity index (χ1) is 10.8. The van der Waals surface area contributed by atoms with Crippen LogP contribution in [0.25, 0.3) is 0 Å². The summed E-state index contributed by atoms with van der Waals surface area (Å²) in [6, 6.07) is 5.67. The van der Waals surface area contributed by atoms with Crippen molar-refractivity contribution in [3.8, 4) is 11.5 Å². The first-order valence-electron chi connectivity index (χ1n) is 7.95. The van der Waals surface area contributed by atoms with Crippen molar-refractivity contribution in [2.75, 3.05) is 19.7 Å². The summed E-state index contributed by atoms with van der Waals surface area (Å²) in [5.41, 5.74) is 0.313. The molecule has 128 valence electrons. The summed E-state index contributed by atoms with van der Waals surface area (Å²) in [4.78, 5) is 13.5. The normalized spacial score (nSPS) is 15.2. The van der Waals surface area contributed by atoms with Crippen LogP contribution in [0.4, 0.5) is 4.79 Å². The Hall–Kier alpha value is -1.95. The zero-order chi connectivity index (χ0) is 17.0. The van der Waals surface area contributed by atoms with Crippen molar-refractivity contribution in [2.45, 2.75) is 45.9 Å². The van der Waals surface area contributed by atoms with Gasteiger partial charge in [-0.15, -0.1) is 0 Å². The number of ether oxygens (including phenoxy) is 2. The number of hydrogen-bond acceptors (Lipinski definition) is 5. The standard InChI is InChI=1S/C17H26N2O4/c1-5-22-14-8-6-7-12(15(14)20)9-18-13-10-19(11-13)16(21)23-17(2,3)4/h6-8,13,18,20H,5,9-11H2,1-4H3. The van der Waals surface area contributed by atoms with Gasteiger partial charge in [0.25, 0.3) is 0 Å². The maximum Gasteiger partial charge on any atom is 0.410 e. The molecule has 0 aromatic heterocycles. The lowest BCUT2D eigenvalue weighted by molar-refractivity contribution is 0.00516. The van der Waals surface area contributed by atoms with Gasteiger partial charge in [-0.05, 0) is 33.8 Å². The van der Waals surface area contributed by atoms with Gasteiger partial charge < -0.3 is 24.8 Å². The molecule has 1 aromatic carbocycles. The summed E-state index contributed by atoms with van der Waals surface area (Å²) in [5.74, 6) is 0.668. The van der Waals surface area contributed by atoms with Crippen molar-refractivity contribution in [3.05, 3.63) is 23.8 Å². The van der Waals surface area contributed by atoms with E-state index in [1.807, 2.05) is 39.8 Å². The van der Waals surface area contributed by atoms with Crippen LogP contribution in [-0.2, 0) is 11.3 Å². The van der Waals surface area contributed by atoms with Crippen LogP contribution in [0.5, 0.6) is 11.5 Å². The van der Waals surface area contributed by atoms with Crippen LogP contribution in [0.1, 0.15) is 33.3 Å². The quantitative estimate of drug-likeness (QED) is 0.871. The molecule has 0 spiro atoms. The van der Waals surface area contributed by atoms with Gasteiger partial charge in [-0.1, -0.05) is 12.1 Å². The highest BCUT2D eigenvalue weighted by Crippen LogP contribution is 2.29. The van der Waals surface area contributed by atoms with Crippen molar-refractivity contribution < 1.29 is 19.4 Å². The number of hydrogen-bond donors (Lipinski definition) is 2. The van der Waals surface area contributed by atoms with Gasteiger partial charge in [0, 0.05) is 31.2 Å². The topological polar surface area (TPSA) is 71.0 Å². The van der Waals surface area contributed by atoms with Crippen LogP contribution in [-0.4, -0.2) is 47.4 Å². The Labute approximate surface area is 137 Å². The first-order valence-corrected chi connectivity index (χ1v) is 7.95. The summed E-state index contributed by atoms with van der Waals surface area (Å²) in [6.45, 7) is 9.71. The average molecular weight is 322 g/mol. The summed E-state index contributed by atoms with van der Waals surface area (Å²) in [7, 11) is 0. The molecule has 0 aliphatic carbocycles. The number of aromatic hydroxyl groups is 1. The van der Waals surface area contributed by atoms with Crippen LogP contribution in [0.2, 0.25) is 0 Å². The van der Waals surface area contributed by atoms with Crippen molar-refractivity contribution >= 4 is 6.09 Å². The molecule has 1 amide bonds. The van der Waals surface area contributed by atoms with E-state index in [-0.39, 0.29) is 17.9 Å².